The molecule has 0 saturated carbocycles. The van der Waals surface area contributed by atoms with E-state index in [1.54, 1.807) is 18.2 Å². The van der Waals surface area contributed by atoms with Crippen LogP contribution in [0.5, 0.6) is 0 Å². The molecular weight excluding hydrogens is 224 g/mol. The summed E-state index contributed by atoms with van der Waals surface area (Å²) < 4.78 is 0. The van der Waals surface area contributed by atoms with Gasteiger partial charge in [-0.1, -0.05) is 19.1 Å². The van der Waals surface area contributed by atoms with E-state index < -0.39 is 0 Å². The molecule has 0 aliphatic carbocycles. The summed E-state index contributed by atoms with van der Waals surface area (Å²) in [6.07, 6.45) is 1.11. The van der Waals surface area contributed by atoms with Crippen LogP contribution in [-0.2, 0) is 0 Å². The van der Waals surface area contributed by atoms with Crippen LogP contribution in [0.4, 0.5) is 5.69 Å². The molecule has 0 aliphatic rings. The van der Waals surface area contributed by atoms with Gasteiger partial charge in [-0.05, 0) is 19.0 Å². The zero-order chi connectivity index (χ0) is 11.8. The number of benzene rings is 1. The van der Waals surface area contributed by atoms with Gasteiger partial charge in [0.1, 0.15) is 0 Å². The summed E-state index contributed by atoms with van der Waals surface area (Å²) in [5.74, 6) is 0.852. The number of rotatable bonds is 7. The third-order valence-corrected chi connectivity index (χ3v) is 3.09. The van der Waals surface area contributed by atoms with Crippen molar-refractivity contribution in [1.29, 1.82) is 0 Å². The lowest BCUT2D eigenvalue weighted by atomic mass is 10.3. The molecule has 0 bridgehead atoms. The Hall–Kier alpha value is -1.07. The smallest absolute Gasteiger partial charge is 0.282 e. The maximum atomic E-state index is 10.7. The molecule has 0 unspecified atom stereocenters. The predicted octanol–water partition coefficient (Wildman–Crippen LogP) is 2.69. The fourth-order valence-electron chi connectivity index (χ4n) is 1.26. The number of nitro benzene ring substituents is 1. The normalized spacial score (nSPS) is 10.3. The number of hydrogen-bond donors (Lipinski definition) is 1. The minimum absolute atomic E-state index is 0.197. The van der Waals surface area contributed by atoms with Crippen molar-refractivity contribution in [3.8, 4) is 0 Å². The third kappa shape index (κ3) is 4.20. The Morgan fingerprint density at radius 2 is 2.12 bits per heavy atom. The summed E-state index contributed by atoms with van der Waals surface area (Å²) in [5, 5.41) is 14.0. The molecular formula is C11H16N2O2S. The summed E-state index contributed by atoms with van der Waals surface area (Å²) in [5.41, 5.74) is 0.197. The van der Waals surface area contributed by atoms with Crippen molar-refractivity contribution in [2.24, 2.45) is 0 Å². The van der Waals surface area contributed by atoms with E-state index in [0.717, 1.165) is 30.2 Å². The standard InChI is InChI=1S/C11H16N2O2S/c1-2-7-12-8-9-16-11-6-4-3-5-10(11)13(14)15/h3-6,12H,2,7-9H2,1H3. The van der Waals surface area contributed by atoms with Crippen LogP contribution < -0.4 is 5.32 Å². The van der Waals surface area contributed by atoms with Crippen molar-refractivity contribution in [3.05, 3.63) is 34.4 Å². The highest BCUT2D eigenvalue weighted by atomic mass is 32.2. The van der Waals surface area contributed by atoms with Crippen LogP contribution in [-0.4, -0.2) is 23.8 Å². The van der Waals surface area contributed by atoms with E-state index >= 15 is 0 Å². The lowest BCUT2D eigenvalue weighted by molar-refractivity contribution is -0.387. The quantitative estimate of drug-likeness (QED) is 0.344. The van der Waals surface area contributed by atoms with Crippen molar-refractivity contribution in [3.63, 3.8) is 0 Å². The van der Waals surface area contributed by atoms with Crippen LogP contribution in [0.1, 0.15) is 13.3 Å². The second kappa shape index (κ2) is 7.24. The number of nitrogens with one attached hydrogen (secondary N) is 1. The summed E-state index contributed by atoms with van der Waals surface area (Å²) in [6.45, 7) is 3.99. The summed E-state index contributed by atoms with van der Waals surface area (Å²) in [7, 11) is 0. The molecule has 0 saturated heterocycles. The van der Waals surface area contributed by atoms with Crippen LogP contribution in [0.3, 0.4) is 0 Å². The Kier molecular flexibility index (Phi) is 5.88. The second-order valence-corrected chi connectivity index (χ2v) is 4.46. The fourth-order valence-corrected chi connectivity index (χ4v) is 2.20. The second-order valence-electron chi connectivity index (χ2n) is 3.32. The van der Waals surface area contributed by atoms with Crippen LogP contribution in [0.2, 0.25) is 0 Å². The first-order chi connectivity index (χ1) is 7.75. The topological polar surface area (TPSA) is 55.2 Å². The van der Waals surface area contributed by atoms with Crippen molar-refractivity contribution in [2.75, 3.05) is 18.8 Å². The monoisotopic (exact) mass is 240 g/mol. The Labute approximate surface area is 99.6 Å². The number of para-hydroxylation sites is 1. The Bertz CT molecular complexity index is 345. The van der Waals surface area contributed by atoms with E-state index in [1.165, 1.54) is 11.8 Å². The van der Waals surface area contributed by atoms with Gasteiger partial charge in [0.25, 0.3) is 5.69 Å². The Balaban J connectivity index is 2.44. The number of nitro groups is 1. The van der Waals surface area contributed by atoms with Crippen LogP contribution in [0.25, 0.3) is 0 Å². The molecule has 0 radical (unpaired) electrons. The highest BCUT2D eigenvalue weighted by Crippen LogP contribution is 2.27. The summed E-state index contributed by atoms with van der Waals surface area (Å²) in [6, 6.07) is 6.86. The van der Waals surface area contributed by atoms with Gasteiger partial charge in [0, 0.05) is 18.4 Å². The highest BCUT2D eigenvalue weighted by molar-refractivity contribution is 7.99. The highest BCUT2D eigenvalue weighted by Gasteiger charge is 2.11. The van der Waals surface area contributed by atoms with Gasteiger partial charge in [-0.3, -0.25) is 10.1 Å². The van der Waals surface area contributed by atoms with Gasteiger partial charge in [-0.15, -0.1) is 11.8 Å². The Morgan fingerprint density at radius 1 is 1.38 bits per heavy atom. The molecule has 1 aromatic rings. The van der Waals surface area contributed by atoms with Gasteiger partial charge in [0.15, 0.2) is 0 Å². The van der Waals surface area contributed by atoms with Gasteiger partial charge in [0.2, 0.25) is 0 Å². The summed E-state index contributed by atoms with van der Waals surface area (Å²) >= 11 is 1.52. The molecule has 1 rings (SSSR count). The van der Waals surface area contributed by atoms with Crippen molar-refractivity contribution in [1.82, 2.24) is 5.32 Å². The summed E-state index contributed by atoms with van der Waals surface area (Å²) in [4.78, 5) is 11.1. The zero-order valence-corrected chi connectivity index (χ0v) is 10.1. The molecule has 0 aliphatic heterocycles. The van der Waals surface area contributed by atoms with Gasteiger partial charge in [-0.2, -0.15) is 0 Å². The molecule has 5 heteroatoms. The molecule has 0 amide bonds. The SMILES string of the molecule is CCCNCCSc1ccccc1[N+](=O)[O-]. The maximum absolute atomic E-state index is 10.7. The molecule has 0 atom stereocenters. The molecule has 16 heavy (non-hydrogen) atoms. The number of thioether (sulfide) groups is 1. The van der Waals surface area contributed by atoms with Crippen molar-refractivity contribution >= 4 is 17.4 Å². The largest absolute Gasteiger partial charge is 0.316 e. The number of hydrogen-bond acceptors (Lipinski definition) is 4. The molecule has 1 N–H and O–H groups in total. The van der Waals surface area contributed by atoms with E-state index in [0.29, 0.717) is 0 Å². The van der Waals surface area contributed by atoms with Gasteiger partial charge >= 0.3 is 0 Å². The van der Waals surface area contributed by atoms with Crippen LogP contribution in [0, 0.1) is 10.1 Å². The van der Waals surface area contributed by atoms with Crippen molar-refractivity contribution < 1.29 is 4.92 Å². The van der Waals surface area contributed by atoms with E-state index in [4.69, 9.17) is 0 Å². The minimum atomic E-state index is -0.332. The van der Waals surface area contributed by atoms with Crippen LogP contribution >= 0.6 is 11.8 Å². The molecule has 0 spiro atoms. The first kappa shape index (κ1) is 13.0. The lowest BCUT2D eigenvalue weighted by Crippen LogP contribution is -2.17. The molecule has 1 aromatic carbocycles. The van der Waals surface area contributed by atoms with E-state index in [9.17, 15) is 10.1 Å². The van der Waals surface area contributed by atoms with Crippen molar-refractivity contribution in [2.45, 2.75) is 18.2 Å². The fraction of sp³-hybridized carbons (Fsp3) is 0.455. The van der Waals surface area contributed by atoms with Gasteiger partial charge < -0.3 is 5.32 Å². The van der Waals surface area contributed by atoms with E-state index in [2.05, 4.69) is 12.2 Å². The lowest BCUT2D eigenvalue weighted by Gasteiger charge is -2.03. The zero-order valence-electron chi connectivity index (χ0n) is 9.31. The molecule has 0 fully saturated rings. The van der Waals surface area contributed by atoms with Crippen LogP contribution in [0.15, 0.2) is 29.2 Å². The van der Waals surface area contributed by atoms with Gasteiger partial charge in [0.05, 0.1) is 9.82 Å². The van der Waals surface area contributed by atoms with E-state index in [1.807, 2.05) is 6.07 Å². The first-order valence-corrected chi connectivity index (χ1v) is 6.31. The van der Waals surface area contributed by atoms with Gasteiger partial charge in [-0.25, -0.2) is 0 Å². The minimum Gasteiger partial charge on any atom is -0.316 e. The first-order valence-electron chi connectivity index (χ1n) is 5.32. The average molecular weight is 240 g/mol. The molecule has 88 valence electrons. The third-order valence-electron chi connectivity index (χ3n) is 2.03. The molecule has 4 nitrogen and oxygen atoms in total. The predicted molar refractivity (Wildman–Crippen MR) is 67.0 cm³/mol. The number of nitrogens with zero attached hydrogens (tertiary/aromatic N) is 1. The molecule has 0 heterocycles. The Morgan fingerprint density at radius 3 is 2.81 bits per heavy atom. The average Bonchev–Trinajstić information content (AvgIpc) is 2.29. The molecule has 0 aromatic heterocycles. The maximum Gasteiger partial charge on any atom is 0.282 e. The van der Waals surface area contributed by atoms with E-state index in [-0.39, 0.29) is 10.6 Å².